The first kappa shape index (κ1) is 12.1. The first-order valence-corrected chi connectivity index (χ1v) is 6.57. The molecule has 1 unspecified atom stereocenters. The fraction of sp³-hybridized carbons (Fsp3) is 0.818. The van der Waals surface area contributed by atoms with Crippen molar-refractivity contribution in [3.05, 3.63) is 12.7 Å². The molecular formula is C11H22N2S. The predicted molar refractivity (Wildman–Crippen MR) is 66.0 cm³/mol. The van der Waals surface area contributed by atoms with Crippen molar-refractivity contribution < 1.29 is 0 Å². The van der Waals surface area contributed by atoms with Crippen molar-refractivity contribution >= 4 is 11.8 Å². The van der Waals surface area contributed by atoms with E-state index < -0.39 is 0 Å². The number of nitrogens with zero attached hydrogens (tertiary/aromatic N) is 1. The molecule has 1 rings (SSSR count). The first-order valence-electron chi connectivity index (χ1n) is 5.52. The van der Waals surface area contributed by atoms with E-state index in [9.17, 15) is 0 Å². The van der Waals surface area contributed by atoms with Gasteiger partial charge in [-0.3, -0.25) is 0 Å². The van der Waals surface area contributed by atoms with Crippen LogP contribution in [0.15, 0.2) is 12.7 Å². The molecule has 14 heavy (non-hydrogen) atoms. The highest BCUT2D eigenvalue weighted by Gasteiger charge is 2.17. The molecule has 82 valence electrons. The second-order valence-electron chi connectivity index (χ2n) is 3.69. The molecule has 0 aliphatic carbocycles. The molecule has 0 saturated carbocycles. The van der Waals surface area contributed by atoms with E-state index in [1.165, 1.54) is 31.8 Å². The maximum Gasteiger partial charge on any atom is 0.0172 e. The maximum atomic E-state index is 3.69. The van der Waals surface area contributed by atoms with Gasteiger partial charge >= 0.3 is 0 Å². The molecule has 0 aromatic carbocycles. The van der Waals surface area contributed by atoms with E-state index in [2.05, 4.69) is 35.5 Å². The van der Waals surface area contributed by atoms with E-state index in [4.69, 9.17) is 0 Å². The van der Waals surface area contributed by atoms with Crippen LogP contribution in [0.25, 0.3) is 0 Å². The molecule has 0 aromatic rings. The van der Waals surface area contributed by atoms with E-state index in [-0.39, 0.29) is 0 Å². The summed E-state index contributed by atoms with van der Waals surface area (Å²) < 4.78 is 0. The largest absolute Gasteiger partial charge is 0.312 e. The summed E-state index contributed by atoms with van der Waals surface area (Å²) in [5, 5.41) is 4.21. The third-order valence-corrected chi connectivity index (χ3v) is 3.94. The fourth-order valence-corrected chi connectivity index (χ4v) is 2.92. The summed E-state index contributed by atoms with van der Waals surface area (Å²) in [5.41, 5.74) is 0. The normalized spacial score (nSPS) is 23.6. The van der Waals surface area contributed by atoms with Gasteiger partial charge in [-0.15, -0.1) is 6.58 Å². The molecule has 1 N–H and O–H groups in total. The van der Waals surface area contributed by atoms with Gasteiger partial charge < -0.3 is 10.2 Å². The highest BCUT2D eigenvalue weighted by atomic mass is 32.2. The number of nitrogens with one attached hydrogen (secondary N) is 1. The SMILES string of the molecule is C=CCNCCN1CCSC(CC)C1. The van der Waals surface area contributed by atoms with Gasteiger partial charge in [0.15, 0.2) is 0 Å². The number of thioether (sulfide) groups is 1. The summed E-state index contributed by atoms with van der Waals surface area (Å²) in [5.74, 6) is 1.31. The summed E-state index contributed by atoms with van der Waals surface area (Å²) in [6.07, 6.45) is 3.22. The van der Waals surface area contributed by atoms with E-state index in [0.717, 1.165) is 18.3 Å². The van der Waals surface area contributed by atoms with Gasteiger partial charge in [-0.05, 0) is 6.42 Å². The molecule has 1 heterocycles. The van der Waals surface area contributed by atoms with Gasteiger partial charge in [0.05, 0.1) is 0 Å². The predicted octanol–water partition coefficient (Wildman–Crippen LogP) is 1.59. The van der Waals surface area contributed by atoms with Crippen LogP contribution < -0.4 is 5.32 Å². The van der Waals surface area contributed by atoms with Gasteiger partial charge in [-0.1, -0.05) is 13.0 Å². The fourth-order valence-electron chi connectivity index (χ4n) is 1.67. The Morgan fingerprint density at radius 3 is 3.21 bits per heavy atom. The van der Waals surface area contributed by atoms with Gasteiger partial charge in [0.2, 0.25) is 0 Å². The van der Waals surface area contributed by atoms with E-state index >= 15 is 0 Å². The van der Waals surface area contributed by atoms with Gasteiger partial charge in [0, 0.05) is 43.7 Å². The van der Waals surface area contributed by atoms with Crippen LogP contribution in [0.4, 0.5) is 0 Å². The minimum Gasteiger partial charge on any atom is -0.312 e. The van der Waals surface area contributed by atoms with Crippen molar-refractivity contribution in [3.63, 3.8) is 0 Å². The quantitative estimate of drug-likeness (QED) is 0.534. The van der Waals surface area contributed by atoms with Gasteiger partial charge in [0.1, 0.15) is 0 Å². The van der Waals surface area contributed by atoms with Gasteiger partial charge in [-0.2, -0.15) is 11.8 Å². The molecule has 1 aliphatic heterocycles. The Bertz CT molecular complexity index is 161. The average molecular weight is 214 g/mol. The van der Waals surface area contributed by atoms with Crippen LogP contribution in [0.2, 0.25) is 0 Å². The summed E-state index contributed by atoms with van der Waals surface area (Å²) >= 11 is 2.13. The van der Waals surface area contributed by atoms with Gasteiger partial charge in [-0.25, -0.2) is 0 Å². The molecule has 1 fully saturated rings. The van der Waals surface area contributed by atoms with Gasteiger partial charge in [0.25, 0.3) is 0 Å². The molecule has 0 radical (unpaired) electrons. The monoisotopic (exact) mass is 214 g/mol. The van der Waals surface area contributed by atoms with Crippen LogP contribution in [-0.4, -0.2) is 48.6 Å². The lowest BCUT2D eigenvalue weighted by Gasteiger charge is -2.31. The maximum absolute atomic E-state index is 3.69. The summed E-state index contributed by atoms with van der Waals surface area (Å²) in [4.78, 5) is 2.57. The molecule has 2 nitrogen and oxygen atoms in total. The molecule has 1 atom stereocenters. The lowest BCUT2D eigenvalue weighted by Crippen LogP contribution is -2.41. The Hall–Kier alpha value is 0.0100. The Morgan fingerprint density at radius 1 is 1.64 bits per heavy atom. The molecule has 3 heteroatoms. The molecule has 0 bridgehead atoms. The lowest BCUT2D eigenvalue weighted by atomic mass is 10.3. The molecule has 0 aromatic heterocycles. The molecule has 0 amide bonds. The third-order valence-electron chi connectivity index (χ3n) is 2.57. The van der Waals surface area contributed by atoms with Crippen LogP contribution in [0.3, 0.4) is 0 Å². The smallest absolute Gasteiger partial charge is 0.0172 e. The van der Waals surface area contributed by atoms with Crippen molar-refractivity contribution in [3.8, 4) is 0 Å². The first-order chi connectivity index (χ1) is 6.86. The highest BCUT2D eigenvalue weighted by Crippen LogP contribution is 2.20. The summed E-state index contributed by atoms with van der Waals surface area (Å²) in [6, 6.07) is 0. The minimum absolute atomic E-state index is 0.864. The third kappa shape index (κ3) is 4.49. The van der Waals surface area contributed by atoms with Crippen LogP contribution in [-0.2, 0) is 0 Å². The zero-order valence-electron chi connectivity index (χ0n) is 9.17. The lowest BCUT2D eigenvalue weighted by molar-refractivity contribution is 0.282. The molecule has 0 spiro atoms. The Morgan fingerprint density at radius 2 is 2.50 bits per heavy atom. The van der Waals surface area contributed by atoms with Crippen molar-refractivity contribution in [1.29, 1.82) is 0 Å². The number of rotatable bonds is 6. The van der Waals surface area contributed by atoms with Crippen molar-refractivity contribution in [2.24, 2.45) is 0 Å². The average Bonchev–Trinajstić information content (AvgIpc) is 2.25. The second kappa shape index (κ2) is 7.32. The Labute approximate surface area is 92.1 Å². The van der Waals surface area contributed by atoms with Crippen molar-refractivity contribution in [2.45, 2.75) is 18.6 Å². The number of hydrogen-bond donors (Lipinski definition) is 1. The second-order valence-corrected chi connectivity index (χ2v) is 5.10. The zero-order chi connectivity index (χ0) is 10.2. The summed E-state index contributed by atoms with van der Waals surface area (Å²) in [7, 11) is 0. The van der Waals surface area contributed by atoms with Crippen LogP contribution in [0, 0.1) is 0 Å². The highest BCUT2D eigenvalue weighted by molar-refractivity contribution is 8.00. The Kier molecular flexibility index (Phi) is 6.32. The van der Waals surface area contributed by atoms with E-state index in [0.29, 0.717) is 0 Å². The number of hydrogen-bond acceptors (Lipinski definition) is 3. The van der Waals surface area contributed by atoms with E-state index in [1.807, 2.05) is 6.08 Å². The van der Waals surface area contributed by atoms with Crippen molar-refractivity contribution in [1.82, 2.24) is 10.2 Å². The molecular weight excluding hydrogens is 192 g/mol. The topological polar surface area (TPSA) is 15.3 Å². The van der Waals surface area contributed by atoms with Crippen LogP contribution in [0.1, 0.15) is 13.3 Å². The Balaban J connectivity index is 2.08. The minimum atomic E-state index is 0.864. The van der Waals surface area contributed by atoms with Crippen LogP contribution in [0.5, 0.6) is 0 Å². The van der Waals surface area contributed by atoms with Crippen molar-refractivity contribution in [2.75, 3.05) is 38.5 Å². The van der Waals surface area contributed by atoms with Crippen LogP contribution >= 0.6 is 11.8 Å². The van der Waals surface area contributed by atoms with E-state index in [1.54, 1.807) is 0 Å². The zero-order valence-corrected chi connectivity index (χ0v) is 9.98. The molecule has 1 aliphatic rings. The summed E-state index contributed by atoms with van der Waals surface area (Å²) in [6.45, 7) is 11.7. The molecule has 1 saturated heterocycles. The standard InChI is InChI=1S/C11H22N2S/c1-3-5-12-6-7-13-8-9-14-11(4-2)10-13/h3,11-12H,1,4-10H2,2H3.